The van der Waals surface area contributed by atoms with Gasteiger partial charge in [0.05, 0.1) is 12.8 Å². The van der Waals surface area contributed by atoms with Crippen LogP contribution < -0.4 is 4.74 Å². The van der Waals surface area contributed by atoms with Crippen LogP contribution in [0.2, 0.25) is 0 Å². The molecule has 0 saturated heterocycles. The maximum Gasteiger partial charge on any atom is 0.141 e. The molecule has 0 atom stereocenters. The molecule has 0 aromatic carbocycles. The van der Waals surface area contributed by atoms with Gasteiger partial charge in [-0.05, 0) is 34.8 Å². The molecular formula is C10H12BrNO. The second kappa shape index (κ2) is 3.66. The van der Waals surface area contributed by atoms with Crippen LogP contribution in [0.1, 0.15) is 30.9 Å². The first-order valence-electron chi connectivity index (χ1n) is 4.50. The molecule has 0 aliphatic heterocycles. The number of methoxy groups -OCH3 is 1. The molecule has 1 saturated carbocycles. The van der Waals surface area contributed by atoms with E-state index in [1.165, 1.54) is 19.3 Å². The molecule has 0 amide bonds. The number of rotatable bonds is 2. The van der Waals surface area contributed by atoms with E-state index in [2.05, 4.69) is 20.9 Å². The van der Waals surface area contributed by atoms with Gasteiger partial charge in [0, 0.05) is 16.6 Å². The van der Waals surface area contributed by atoms with Crippen molar-refractivity contribution in [3.8, 4) is 5.75 Å². The van der Waals surface area contributed by atoms with Crippen LogP contribution in [0.3, 0.4) is 0 Å². The zero-order valence-electron chi connectivity index (χ0n) is 7.59. The van der Waals surface area contributed by atoms with E-state index in [0.717, 1.165) is 15.9 Å². The third kappa shape index (κ3) is 1.70. The summed E-state index contributed by atoms with van der Waals surface area (Å²) in [5, 5.41) is 0. The molecule has 1 heterocycles. The summed E-state index contributed by atoms with van der Waals surface area (Å²) in [4.78, 5) is 4.40. The monoisotopic (exact) mass is 241 g/mol. The summed E-state index contributed by atoms with van der Waals surface area (Å²) >= 11 is 3.38. The van der Waals surface area contributed by atoms with Gasteiger partial charge in [-0.2, -0.15) is 0 Å². The predicted molar refractivity (Wildman–Crippen MR) is 55.1 cm³/mol. The Kier molecular flexibility index (Phi) is 2.54. The van der Waals surface area contributed by atoms with Gasteiger partial charge in [-0.25, -0.2) is 0 Å². The smallest absolute Gasteiger partial charge is 0.141 e. The number of halogens is 1. The topological polar surface area (TPSA) is 22.1 Å². The Morgan fingerprint density at radius 2 is 2.31 bits per heavy atom. The van der Waals surface area contributed by atoms with Crippen LogP contribution >= 0.6 is 15.9 Å². The highest BCUT2D eigenvalue weighted by Crippen LogP contribution is 2.39. The Labute approximate surface area is 86.5 Å². The average molecular weight is 242 g/mol. The molecule has 1 fully saturated rings. The van der Waals surface area contributed by atoms with Crippen molar-refractivity contribution in [3.05, 3.63) is 22.4 Å². The lowest BCUT2D eigenvalue weighted by molar-refractivity contribution is 0.365. The minimum atomic E-state index is 0.628. The lowest BCUT2D eigenvalue weighted by atomic mass is 9.82. The molecule has 1 aliphatic rings. The fourth-order valence-corrected chi connectivity index (χ4v) is 1.89. The number of hydrogen-bond acceptors (Lipinski definition) is 2. The van der Waals surface area contributed by atoms with Gasteiger partial charge in [0.1, 0.15) is 5.75 Å². The standard InChI is InChI=1S/C10H12BrNO/c1-13-9-5-8(11)6-12-10(9)7-3-2-4-7/h5-7H,2-4H2,1H3. The maximum atomic E-state index is 5.29. The molecule has 1 aromatic rings. The summed E-state index contributed by atoms with van der Waals surface area (Å²) in [6.07, 6.45) is 5.68. The minimum Gasteiger partial charge on any atom is -0.495 e. The van der Waals surface area contributed by atoms with E-state index in [1.54, 1.807) is 7.11 Å². The van der Waals surface area contributed by atoms with Gasteiger partial charge in [0.25, 0.3) is 0 Å². The van der Waals surface area contributed by atoms with Gasteiger partial charge >= 0.3 is 0 Å². The highest BCUT2D eigenvalue weighted by atomic mass is 79.9. The Morgan fingerprint density at radius 3 is 2.85 bits per heavy atom. The van der Waals surface area contributed by atoms with E-state index in [0.29, 0.717) is 5.92 Å². The third-order valence-corrected chi connectivity index (χ3v) is 2.99. The molecule has 1 aliphatic carbocycles. The summed E-state index contributed by atoms with van der Waals surface area (Å²) < 4.78 is 6.27. The normalized spacial score (nSPS) is 16.8. The Bertz CT molecular complexity index is 310. The van der Waals surface area contributed by atoms with Crippen LogP contribution in [-0.2, 0) is 0 Å². The van der Waals surface area contributed by atoms with E-state index < -0.39 is 0 Å². The third-order valence-electron chi connectivity index (χ3n) is 2.56. The fraction of sp³-hybridized carbons (Fsp3) is 0.500. The van der Waals surface area contributed by atoms with Crippen LogP contribution in [0.15, 0.2) is 16.7 Å². The van der Waals surface area contributed by atoms with Crippen LogP contribution in [0.4, 0.5) is 0 Å². The molecule has 2 nitrogen and oxygen atoms in total. The molecule has 0 unspecified atom stereocenters. The maximum absolute atomic E-state index is 5.29. The fourth-order valence-electron chi connectivity index (χ4n) is 1.58. The van der Waals surface area contributed by atoms with Crippen LogP contribution in [0.25, 0.3) is 0 Å². The lowest BCUT2D eigenvalue weighted by Gasteiger charge is -2.26. The van der Waals surface area contributed by atoms with Crippen molar-refractivity contribution >= 4 is 15.9 Å². The van der Waals surface area contributed by atoms with Gasteiger partial charge in [0.15, 0.2) is 0 Å². The minimum absolute atomic E-state index is 0.628. The molecule has 70 valence electrons. The Morgan fingerprint density at radius 1 is 1.54 bits per heavy atom. The highest BCUT2D eigenvalue weighted by Gasteiger charge is 2.24. The first kappa shape index (κ1) is 9.00. The van der Waals surface area contributed by atoms with Crippen molar-refractivity contribution in [1.29, 1.82) is 0 Å². The van der Waals surface area contributed by atoms with E-state index in [1.807, 2.05) is 12.3 Å². The van der Waals surface area contributed by atoms with Crippen molar-refractivity contribution in [1.82, 2.24) is 4.98 Å². The summed E-state index contributed by atoms with van der Waals surface area (Å²) in [6.45, 7) is 0. The lowest BCUT2D eigenvalue weighted by Crippen LogP contribution is -2.11. The van der Waals surface area contributed by atoms with E-state index in [9.17, 15) is 0 Å². The highest BCUT2D eigenvalue weighted by molar-refractivity contribution is 9.10. The number of aromatic nitrogens is 1. The molecule has 0 bridgehead atoms. The molecule has 0 N–H and O–H groups in total. The number of nitrogens with zero attached hydrogens (tertiary/aromatic N) is 1. The van der Waals surface area contributed by atoms with Crippen molar-refractivity contribution in [2.45, 2.75) is 25.2 Å². The second-order valence-corrected chi connectivity index (χ2v) is 4.28. The quantitative estimate of drug-likeness (QED) is 0.794. The first-order valence-corrected chi connectivity index (χ1v) is 5.30. The van der Waals surface area contributed by atoms with E-state index in [4.69, 9.17) is 4.74 Å². The van der Waals surface area contributed by atoms with Crippen LogP contribution in [0, 0.1) is 0 Å². The number of ether oxygens (including phenoxy) is 1. The number of hydrogen-bond donors (Lipinski definition) is 0. The Balaban J connectivity index is 2.32. The van der Waals surface area contributed by atoms with Crippen LogP contribution in [-0.4, -0.2) is 12.1 Å². The molecular weight excluding hydrogens is 230 g/mol. The van der Waals surface area contributed by atoms with Gasteiger partial charge in [-0.15, -0.1) is 0 Å². The predicted octanol–water partition coefficient (Wildman–Crippen LogP) is 3.12. The summed E-state index contributed by atoms with van der Waals surface area (Å²) in [5.41, 5.74) is 1.12. The van der Waals surface area contributed by atoms with Crippen molar-refractivity contribution in [3.63, 3.8) is 0 Å². The van der Waals surface area contributed by atoms with Crippen molar-refractivity contribution < 1.29 is 4.74 Å². The largest absolute Gasteiger partial charge is 0.495 e. The zero-order chi connectivity index (χ0) is 9.26. The van der Waals surface area contributed by atoms with Crippen molar-refractivity contribution in [2.75, 3.05) is 7.11 Å². The summed E-state index contributed by atoms with van der Waals surface area (Å²) in [5.74, 6) is 1.54. The summed E-state index contributed by atoms with van der Waals surface area (Å²) in [7, 11) is 1.70. The van der Waals surface area contributed by atoms with Gasteiger partial charge in [-0.3, -0.25) is 4.98 Å². The van der Waals surface area contributed by atoms with Gasteiger partial charge < -0.3 is 4.74 Å². The molecule has 3 heteroatoms. The summed E-state index contributed by atoms with van der Waals surface area (Å²) in [6, 6.07) is 1.99. The number of pyridine rings is 1. The second-order valence-electron chi connectivity index (χ2n) is 3.37. The Hall–Kier alpha value is -0.570. The molecule has 2 rings (SSSR count). The van der Waals surface area contributed by atoms with Crippen LogP contribution in [0.5, 0.6) is 5.75 Å². The van der Waals surface area contributed by atoms with Gasteiger partial charge in [-0.1, -0.05) is 6.42 Å². The molecule has 1 aromatic heterocycles. The molecule has 0 radical (unpaired) electrons. The molecule has 0 spiro atoms. The van der Waals surface area contributed by atoms with Crippen molar-refractivity contribution in [2.24, 2.45) is 0 Å². The van der Waals surface area contributed by atoms with E-state index >= 15 is 0 Å². The first-order chi connectivity index (χ1) is 6.31. The molecule has 13 heavy (non-hydrogen) atoms. The zero-order valence-corrected chi connectivity index (χ0v) is 9.17. The SMILES string of the molecule is COc1cc(Br)cnc1C1CCC1. The average Bonchev–Trinajstić information content (AvgIpc) is 2.05. The van der Waals surface area contributed by atoms with E-state index in [-0.39, 0.29) is 0 Å². The van der Waals surface area contributed by atoms with Gasteiger partial charge in [0.2, 0.25) is 0 Å².